The highest BCUT2D eigenvalue weighted by Crippen LogP contribution is 2.15. The van der Waals surface area contributed by atoms with Crippen LogP contribution in [0.4, 0.5) is 0 Å². The number of ether oxygens (including phenoxy) is 1. The molecular weight excluding hydrogens is 136 g/mol. The number of aldehydes is 2. The molecule has 52 valence electrons. The molecule has 0 fully saturated rings. The molecule has 1 aliphatic heterocycles. The lowest BCUT2D eigenvalue weighted by Gasteiger charge is -1.92. The molecule has 10 heavy (non-hydrogen) atoms. The van der Waals surface area contributed by atoms with Crippen molar-refractivity contribution < 1.29 is 19.1 Å². The fourth-order valence-corrected chi connectivity index (χ4v) is 0.644. The van der Waals surface area contributed by atoms with Gasteiger partial charge in [0, 0.05) is 5.57 Å². The minimum atomic E-state index is -1.00. The summed E-state index contributed by atoms with van der Waals surface area (Å²) in [4.78, 5) is 30.7. The number of cyclic esters (lactones) is 1. The first-order chi connectivity index (χ1) is 4.79. The van der Waals surface area contributed by atoms with Gasteiger partial charge in [-0.05, 0) is 0 Å². The smallest absolute Gasteiger partial charge is 0.325 e. The molecule has 0 aromatic heterocycles. The van der Waals surface area contributed by atoms with E-state index in [1.54, 1.807) is 0 Å². The molecule has 0 N–H and O–H groups in total. The molecule has 0 aliphatic carbocycles. The summed E-state index contributed by atoms with van der Waals surface area (Å²) in [7, 11) is 0. The van der Waals surface area contributed by atoms with Gasteiger partial charge in [-0.3, -0.25) is 9.59 Å². The second-order valence-electron chi connectivity index (χ2n) is 1.79. The van der Waals surface area contributed by atoms with Crippen LogP contribution in [0.3, 0.4) is 0 Å². The maximum atomic E-state index is 10.5. The van der Waals surface area contributed by atoms with Crippen LogP contribution in [0.25, 0.3) is 0 Å². The van der Waals surface area contributed by atoms with Gasteiger partial charge in [-0.15, -0.1) is 0 Å². The zero-order valence-corrected chi connectivity index (χ0v) is 4.94. The van der Waals surface area contributed by atoms with E-state index in [2.05, 4.69) is 4.74 Å². The van der Waals surface area contributed by atoms with Crippen LogP contribution in [0.5, 0.6) is 0 Å². The molecule has 1 unspecified atom stereocenters. The Morgan fingerprint density at radius 1 is 1.50 bits per heavy atom. The van der Waals surface area contributed by atoms with Gasteiger partial charge >= 0.3 is 5.97 Å². The second-order valence-corrected chi connectivity index (χ2v) is 1.79. The molecular formula is C6H4O4. The molecule has 0 aromatic rings. The predicted octanol–water partition coefficient (Wildman–Crippen LogP) is -0.559. The Bertz CT molecular complexity index is 216. The van der Waals surface area contributed by atoms with Gasteiger partial charge in [0.2, 0.25) is 0 Å². The minimum Gasteiger partial charge on any atom is -0.433 e. The first-order valence-corrected chi connectivity index (χ1v) is 2.60. The van der Waals surface area contributed by atoms with E-state index in [-0.39, 0.29) is 5.57 Å². The Balaban J connectivity index is 2.85. The van der Waals surface area contributed by atoms with Crippen LogP contribution in [0, 0.1) is 5.92 Å². The zero-order chi connectivity index (χ0) is 7.56. The average molecular weight is 140 g/mol. The molecule has 0 saturated carbocycles. The third-order valence-electron chi connectivity index (χ3n) is 1.20. The largest absolute Gasteiger partial charge is 0.433 e. The van der Waals surface area contributed by atoms with Gasteiger partial charge in [0.25, 0.3) is 0 Å². The van der Waals surface area contributed by atoms with Crippen LogP contribution in [0.15, 0.2) is 11.8 Å². The van der Waals surface area contributed by atoms with E-state index >= 15 is 0 Å². The molecule has 1 atom stereocenters. The molecule has 0 spiro atoms. The fraction of sp³-hybridized carbons (Fsp3) is 0.167. The zero-order valence-electron chi connectivity index (χ0n) is 4.94. The van der Waals surface area contributed by atoms with Crippen LogP contribution in [-0.2, 0) is 19.1 Å². The van der Waals surface area contributed by atoms with Gasteiger partial charge in [0.1, 0.15) is 24.8 Å². The predicted molar refractivity (Wildman–Crippen MR) is 29.8 cm³/mol. The summed E-state index contributed by atoms with van der Waals surface area (Å²) in [5.41, 5.74) is 0.0833. The minimum absolute atomic E-state index is 0.0833. The normalized spacial score (nSPS) is 23.4. The lowest BCUT2D eigenvalue weighted by Crippen LogP contribution is -2.13. The van der Waals surface area contributed by atoms with Gasteiger partial charge in [0.05, 0.1) is 0 Å². The SMILES string of the molecule is O=CC1=COC(=O)C1C=O. The van der Waals surface area contributed by atoms with Gasteiger partial charge in [-0.25, -0.2) is 0 Å². The molecule has 0 aromatic carbocycles. The number of hydrogen-bond donors (Lipinski definition) is 0. The van der Waals surface area contributed by atoms with Crippen molar-refractivity contribution >= 4 is 18.5 Å². The average Bonchev–Trinajstić information content (AvgIpc) is 2.30. The molecule has 1 rings (SSSR count). The first-order valence-electron chi connectivity index (χ1n) is 2.60. The number of carbonyl (C=O) groups excluding carboxylic acids is 3. The number of hydrogen-bond acceptors (Lipinski definition) is 4. The van der Waals surface area contributed by atoms with Crippen LogP contribution in [-0.4, -0.2) is 18.5 Å². The van der Waals surface area contributed by atoms with E-state index < -0.39 is 11.9 Å². The number of rotatable bonds is 2. The Morgan fingerprint density at radius 3 is 2.60 bits per heavy atom. The Kier molecular flexibility index (Phi) is 1.62. The fourth-order valence-electron chi connectivity index (χ4n) is 0.644. The van der Waals surface area contributed by atoms with E-state index in [0.717, 1.165) is 6.26 Å². The van der Waals surface area contributed by atoms with Crippen molar-refractivity contribution in [3.05, 3.63) is 11.8 Å². The van der Waals surface area contributed by atoms with E-state index in [1.165, 1.54) is 0 Å². The summed E-state index contributed by atoms with van der Waals surface area (Å²) in [6.07, 6.45) is 1.81. The third kappa shape index (κ3) is 0.834. The van der Waals surface area contributed by atoms with E-state index in [9.17, 15) is 14.4 Å². The van der Waals surface area contributed by atoms with E-state index in [4.69, 9.17) is 0 Å². The topological polar surface area (TPSA) is 60.4 Å². The van der Waals surface area contributed by atoms with Crippen LogP contribution >= 0.6 is 0 Å². The molecule has 1 aliphatic rings. The van der Waals surface area contributed by atoms with Gasteiger partial charge in [0.15, 0.2) is 0 Å². The first kappa shape index (κ1) is 6.67. The highest BCUT2D eigenvalue weighted by molar-refractivity contribution is 6.01. The Labute approximate surface area is 56.5 Å². The monoisotopic (exact) mass is 140 g/mol. The summed E-state index contributed by atoms with van der Waals surface area (Å²) in [5, 5.41) is 0. The van der Waals surface area contributed by atoms with Crippen LogP contribution in [0.1, 0.15) is 0 Å². The van der Waals surface area contributed by atoms with Crippen molar-refractivity contribution in [2.45, 2.75) is 0 Å². The lowest BCUT2D eigenvalue weighted by atomic mass is 10.1. The summed E-state index contributed by atoms with van der Waals surface area (Å²) >= 11 is 0. The Hall–Kier alpha value is -1.45. The molecule has 1 heterocycles. The van der Waals surface area contributed by atoms with E-state index in [1.807, 2.05) is 0 Å². The molecule has 0 radical (unpaired) electrons. The molecule has 0 bridgehead atoms. The standard InChI is InChI=1S/C6H4O4/c7-1-4-3-10-6(9)5(4)2-8/h1-3,5H. The van der Waals surface area contributed by atoms with Gasteiger partial charge in [-0.1, -0.05) is 0 Å². The van der Waals surface area contributed by atoms with Gasteiger partial charge in [-0.2, -0.15) is 0 Å². The van der Waals surface area contributed by atoms with Crippen molar-refractivity contribution in [1.82, 2.24) is 0 Å². The van der Waals surface area contributed by atoms with Crippen molar-refractivity contribution in [3.63, 3.8) is 0 Å². The van der Waals surface area contributed by atoms with Crippen LogP contribution < -0.4 is 0 Å². The quantitative estimate of drug-likeness (QED) is 0.293. The van der Waals surface area contributed by atoms with Crippen molar-refractivity contribution in [1.29, 1.82) is 0 Å². The lowest BCUT2D eigenvalue weighted by molar-refractivity contribution is -0.140. The van der Waals surface area contributed by atoms with Gasteiger partial charge < -0.3 is 9.53 Å². The second kappa shape index (κ2) is 2.43. The summed E-state index contributed by atoms with van der Waals surface area (Å²) in [6, 6.07) is 0. The van der Waals surface area contributed by atoms with Crippen molar-refractivity contribution in [2.75, 3.05) is 0 Å². The number of esters is 1. The molecule has 4 nitrogen and oxygen atoms in total. The van der Waals surface area contributed by atoms with E-state index in [0.29, 0.717) is 12.6 Å². The summed E-state index contributed by atoms with van der Waals surface area (Å²) < 4.78 is 4.30. The summed E-state index contributed by atoms with van der Waals surface area (Å²) in [6.45, 7) is 0. The Morgan fingerprint density at radius 2 is 2.20 bits per heavy atom. The van der Waals surface area contributed by atoms with Crippen molar-refractivity contribution in [3.8, 4) is 0 Å². The van der Waals surface area contributed by atoms with Crippen LogP contribution in [0.2, 0.25) is 0 Å². The van der Waals surface area contributed by atoms with Crippen molar-refractivity contribution in [2.24, 2.45) is 5.92 Å². The molecule has 0 amide bonds. The third-order valence-corrected chi connectivity index (χ3v) is 1.20. The highest BCUT2D eigenvalue weighted by Gasteiger charge is 2.29. The summed E-state index contributed by atoms with van der Waals surface area (Å²) in [5.74, 6) is -1.69. The highest BCUT2D eigenvalue weighted by atomic mass is 16.5. The molecule has 0 saturated heterocycles. The maximum absolute atomic E-state index is 10.5. The molecule has 4 heteroatoms. The maximum Gasteiger partial charge on any atom is 0.325 e. The number of carbonyl (C=O) groups is 3.